The molecule has 0 aromatic heterocycles. The van der Waals surface area contributed by atoms with Crippen LogP contribution in [-0.2, 0) is 19.1 Å². The molecule has 1 aromatic rings. The molecule has 0 aliphatic carbocycles. The van der Waals surface area contributed by atoms with E-state index in [9.17, 15) is 9.59 Å². The molecule has 0 radical (unpaired) electrons. The molecular weight excluding hydrogens is 232 g/mol. The molecule has 0 fully saturated rings. The third-order valence-corrected chi connectivity index (χ3v) is 2.97. The molecule has 0 N–H and O–H groups in total. The van der Waals surface area contributed by atoms with Gasteiger partial charge in [0.15, 0.2) is 0 Å². The highest BCUT2D eigenvalue weighted by atomic mass is 16.6. The van der Waals surface area contributed by atoms with Crippen LogP contribution in [0.4, 0.5) is 0 Å². The van der Waals surface area contributed by atoms with Crippen LogP contribution in [0.15, 0.2) is 42.0 Å². The fourth-order valence-corrected chi connectivity index (χ4v) is 2.08. The van der Waals surface area contributed by atoms with E-state index in [1.165, 1.54) is 13.2 Å². The van der Waals surface area contributed by atoms with E-state index < -0.39 is 24.0 Å². The number of hydrogen-bond donors (Lipinski definition) is 0. The third-order valence-electron chi connectivity index (χ3n) is 2.97. The van der Waals surface area contributed by atoms with Gasteiger partial charge in [0.25, 0.3) is 0 Å². The fraction of sp³-hybridized carbons (Fsp3) is 0.286. The van der Waals surface area contributed by atoms with E-state index in [4.69, 9.17) is 9.47 Å². The predicted molar refractivity (Wildman–Crippen MR) is 64.5 cm³/mol. The second-order valence-corrected chi connectivity index (χ2v) is 4.16. The van der Waals surface area contributed by atoms with Crippen molar-refractivity contribution in [3.63, 3.8) is 0 Å². The van der Waals surface area contributed by atoms with Crippen LogP contribution in [0.3, 0.4) is 0 Å². The first-order valence-electron chi connectivity index (χ1n) is 5.65. The van der Waals surface area contributed by atoms with Crippen molar-refractivity contribution < 1.29 is 19.1 Å². The van der Waals surface area contributed by atoms with E-state index in [-0.39, 0.29) is 0 Å². The summed E-state index contributed by atoms with van der Waals surface area (Å²) in [5.41, 5.74) is 1.45. The lowest BCUT2D eigenvalue weighted by Crippen LogP contribution is -2.31. The quantitative estimate of drug-likeness (QED) is 0.749. The number of benzene rings is 1. The Balaban J connectivity index is 2.41. The Kier molecular flexibility index (Phi) is 3.46. The standard InChI is InChI=1S/C14H14O4/c1-9-8-11(15)18-13(12(9)14(16)17-2)10-6-4-3-5-7-10/h3-8,12-13H,1-2H3/t12-,13+/m0/s1. The van der Waals surface area contributed by atoms with Gasteiger partial charge in [-0.3, -0.25) is 4.79 Å². The van der Waals surface area contributed by atoms with E-state index in [1.807, 2.05) is 30.3 Å². The maximum Gasteiger partial charge on any atom is 0.331 e. The van der Waals surface area contributed by atoms with Crippen molar-refractivity contribution in [2.24, 2.45) is 5.92 Å². The van der Waals surface area contributed by atoms with Gasteiger partial charge in [0, 0.05) is 6.08 Å². The molecule has 18 heavy (non-hydrogen) atoms. The minimum atomic E-state index is -0.615. The maximum absolute atomic E-state index is 11.8. The molecule has 4 heteroatoms. The van der Waals surface area contributed by atoms with E-state index in [1.54, 1.807) is 6.92 Å². The van der Waals surface area contributed by atoms with Gasteiger partial charge in [0.1, 0.15) is 12.0 Å². The molecule has 0 saturated heterocycles. The average molecular weight is 246 g/mol. The summed E-state index contributed by atoms with van der Waals surface area (Å²) in [6.45, 7) is 1.73. The largest absolute Gasteiger partial charge is 0.468 e. The van der Waals surface area contributed by atoms with Crippen LogP contribution < -0.4 is 0 Å². The first kappa shape index (κ1) is 12.4. The van der Waals surface area contributed by atoms with Crippen molar-refractivity contribution in [3.8, 4) is 0 Å². The number of carbonyl (C=O) groups is 2. The van der Waals surface area contributed by atoms with Crippen LogP contribution in [0.5, 0.6) is 0 Å². The molecule has 1 aliphatic rings. The number of methoxy groups -OCH3 is 1. The SMILES string of the molecule is COC(=O)[C@H]1C(C)=CC(=O)O[C@@H]1c1ccccc1. The molecule has 4 nitrogen and oxygen atoms in total. The molecule has 1 aromatic carbocycles. The number of esters is 2. The Bertz CT molecular complexity index is 490. The van der Waals surface area contributed by atoms with E-state index >= 15 is 0 Å². The molecule has 2 atom stereocenters. The summed E-state index contributed by atoms with van der Waals surface area (Å²) >= 11 is 0. The van der Waals surface area contributed by atoms with E-state index in [2.05, 4.69) is 0 Å². The highest BCUT2D eigenvalue weighted by Crippen LogP contribution is 2.35. The van der Waals surface area contributed by atoms with Crippen molar-refractivity contribution in [3.05, 3.63) is 47.5 Å². The Labute approximate surface area is 105 Å². The topological polar surface area (TPSA) is 52.6 Å². The number of carbonyl (C=O) groups excluding carboxylic acids is 2. The number of ether oxygens (including phenoxy) is 2. The smallest absolute Gasteiger partial charge is 0.331 e. The minimum absolute atomic E-state index is 0.398. The van der Waals surface area contributed by atoms with Crippen molar-refractivity contribution >= 4 is 11.9 Å². The lowest BCUT2D eigenvalue weighted by atomic mass is 9.87. The zero-order valence-corrected chi connectivity index (χ0v) is 10.3. The molecular formula is C14H14O4. The lowest BCUT2D eigenvalue weighted by Gasteiger charge is -2.29. The Hall–Kier alpha value is -2.10. The van der Waals surface area contributed by atoms with Gasteiger partial charge in [0.05, 0.1) is 7.11 Å². The average Bonchev–Trinajstić information content (AvgIpc) is 2.38. The normalized spacial score (nSPS) is 23.0. The van der Waals surface area contributed by atoms with Crippen LogP contribution in [0.2, 0.25) is 0 Å². The van der Waals surface area contributed by atoms with E-state index in [0.29, 0.717) is 5.57 Å². The summed E-state index contributed by atoms with van der Waals surface area (Å²) in [4.78, 5) is 23.3. The van der Waals surface area contributed by atoms with Crippen molar-refractivity contribution in [2.45, 2.75) is 13.0 Å². The second kappa shape index (κ2) is 5.04. The van der Waals surface area contributed by atoms with Crippen LogP contribution in [0, 0.1) is 5.92 Å². The number of hydrogen-bond acceptors (Lipinski definition) is 4. The molecule has 0 amide bonds. The molecule has 2 rings (SSSR count). The second-order valence-electron chi connectivity index (χ2n) is 4.16. The van der Waals surface area contributed by atoms with Crippen LogP contribution in [0.25, 0.3) is 0 Å². The Morgan fingerprint density at radius 2 is 1.94 bits per heavy atom. The Morgan fingerprint density at radius 1 is 1.28 bits per heavy atom. The highest BCUT2D eigenvalue weighted by molar-refractivity contribution is 5.88. The highest BCUT2D eigenvalue weighted by Gasteiger charge is 2.37. The molecule has 0 unspecified atom stereocenters. The van der Waals surface area contributed by atoms with Gasteiger partial charge in [-0.2, -0.15) is 0 Å². The summed E-state index contributed by atoms with van der Waals surface area (Å²) in [7, 11) is 1.33. The minimum Gasteiger partial charge on any atom is -0.468 e. The lowest BCUT2D eigenvalue weighted by molar-refractivity contribution is -0.158. The number of cyclic esters (lactones) is 1. The molecule has 0 spiro atoms. The first-order chi connectivity index (χ1) is 8.63. The van der Waals surface area contributed by atoms with Gasteiger partial charge < -0.3 is 9.47 Å². The van der Waals surface area contributed by atoms with Gasteiger partial charge in [0.2, 0.25) is 0 Å². The van der Waals surface area contributed by atoms with Gasteiger partial charge in [-0.15, -0.1) is 0 Å². The first-order valence-corrected chi connectivity index (χ1v) is 5.65. The number of rotatable bonds is 2. The molecule has 94 valence electrons. The molecule has 0 bridgehead atoms. The summed E-state index contributed by atoms with van der Waals surface area (Å²) in [6, 6.07) is 9.19. The zero-order valence-electron chi connectivity index (χ0n) is 10.3. The molecule has 0 saturated carbocycles. The predicted octanol–water partition coefficient (Wildman–Crippen LogP) is 2.02. The summed E-state index contributed by atoms with van der Waals surface area (Å²) < 4.78 is 10.0. The van der Waals surface area contributed by atoms with E-state index in [0.717, 1.165) is 5.56 Å². The van der Waals surface area contributed by atoms with Crippen LogP contribution in [-0.4, -0.2) is 19.0 Å². The van der Waals surface area contributed by atoms with Crippen molar-refractivity contribution in [1.29, 1.82) is 0 Å². The van der Waals surface area contributed by atoms with Gasteiger partial charge >= 0.3 is 11.9 Å². The summed E-state index contributed by atoms with van der Waals surface area (Å²) in [5, 5.41) is 0. The zero-order chi connectivity index (χ0) is 13.1. The third kappa shape index (κ3) is 2.27. The van der Waals surface area contributed by atoms with Crippen LogP contribution in [0.1, 0.15) is 18.6 Å². The van der Waals surface area contributed by atoms with Gasteiger partial charge in [-0.05, 0) is 18.1 Å². The maximum atomic E-state index is 11.8. The molecule has 1 heterocycles. The molecule has 1 aliphatic heterocycles. The van der Waals surface area contributed by atoms with Gasteiger partial charge in [-0.1, -0.05) is 30.3 Å². The fourth-order valence-electron chi connectivity index (χ4n) is 2.08. The Morgan fingerprint density at radius 3 is 2.56 bits per heavy atom. The summed E-state index contributed by atoms with van der Waals surface area (Å²) in [5.74, 6) is -1.40. The van der Waals surface area contributed by atoms with Gasteiger partial charge in [-0.25, -0.2) is 4.79 Å². The van der Waals surface area contributed by atoms with Crippen molar-refractivity contribution in [2.75, 3.05) is 7.11 Å². The van der Waals surface area contributed by atoms with Crippen molar-refractivity contribution in [1.82, 2.24) is 0 Å². The summed E-state index contributed by atoms with van der Waals surface area (Å²) in [6.07, 6.45) is 0.720. The monoisotopic (exact) mass is 246 g/mol. The van der Waals surface area contributed by atoms with Crippen LogP contribution >= 0.6 is 0 Å².